The van der Waals surface area contributed by atoms with Crippen molar-refractivity contribution in [3.05, 3.63) is 20.4 Å². The third-order valence-corrected chi connectivity index (χ3v) is 3.26. The summed E-state index contributed by atoms with van der Waals surface area (Å²) in [6, 6.07) is 0. The first-order chi connectivity index (χ1) is 5.41. The molecule has 0 heterocycles. The number of hydrogen-bond acceptors (Lipinski definition) is 0. The minimum atomic E-state index is 0.0801. The Bertz CT molecular complexity index is 100. The first kappa shape index (κ1) is 11.3. The van der Waals surface area contributed by atoms with E-state index in [0.29, 0.717) is 0 Å². The molecule has 11 heavy (non-hydrogen) atoms. The van der Waals surface area contributed by atoms with E-state index in [1.807, 2.05) is 0 Å². The van der Waals surface area contributed by atoms with Gasteiger partial charge in [-0.3, -0.25) is 0 Å². The van der Waals surface area contributed by atoms with E-state index in [-0.39, 0.29) is 20.9 Å². The van der Waals surface area contributed by atoms with Crippen molar-refractivity contribution >= 4 is 20.9 Å². The first-order valence-electron chi connectivity index (χ1n) is 4.37. The molecule has 0 N–H and O–H groups in total. The first-order valence-corrected chi connectivity index (χ1v) is 7.06. The summed E-state index contributed by atoms with van der Waals surface area (Å²) in [5.74, 6) is 0. The Morgan fingerprint density at radius 1 is 0.909 bits per heavy atom. The molecule has 0 aliphatic rings. The van der Waals surface area contributed by atoms with Crippen LogP contribution in [0.5, 0.6) is 0 Å². The number of unbranched alkanes of at least 4 members (excludes halogenated alkanes) is 2. The van der Waals surface area contributed by atoms with Crippen molar-refractivity contribution < 1.29 is 0 Å². The van der Waals surface area contributed by atoms with E-state index in [9.17, 15) is 0 Å². The summed E-state index contributed by atoms with van der Waals surface area (Å²) in [5.41, 5.74) is 0. The molecule has 0 spiro atoms. The van der Waals surface area contributed by atoms with E-state index in [4.69, 9.17) is 0 Å². The molecule has 0 aliphatic carbocycles. The molecule has 0 saturated heterocycles. The van der Waals surface area contributed by atoms with Gasteiger partial charge >= 0.3 is 80.9 Å². The van der Waals surface area contributed by atoms with Gasteiger partial charge in [-0.25, -0.2) is 0 Å². The fraction of sp³-hybridized carbons (Fsp3) is 0.600. The molecule has 0 bridgehead atoms. The Morgan fingerprint density at radius 2 is 1.36 bits per heavy atom. The van der Waals surface area contributed by atoms with Gasteiger partial charge in [0.15, 0.2) is 0 Å². The van der Waals surface area contributed by atoms with Crippen LogP contribution in [-0.4, -0.2) is 20.9 Å². The second-order valence-electron chi connectivity index (χ2n) is 2.46. The van der Waals surface area contributed by atoms with Crippen LogP contribution in [0.15, 0.2) is 20.4 Å². The summed E-state index contributed by atoms with van der Waals surface area (Å²) >= 11 is 0.0801. The van der Waals surface area contributed by atoms with Gasteiger partial charge in [-0.15, -0.1) is 0 Å². The Hall–Kier alpha value is 0.270. The van der Waals surface area contributed by atoms with Gasteiger partial charge in [-0.05, 0) is 0 Å². The maximum absolute atomic E-state index is 2.38. The summed E-state index contributed by atoms with van der Waals surface area (Å²) in [7, 11) is 0. The molecule has 0 fully saturated rings. The monoisotopic (exact) mass is 268 g/mol. The average Bonchev–Trinajstić information content (AvgIpc) is 2.03. The summed E-state index contributed by atoms with van der Waals surface area (Å²) in [5, 5.41) is 0. The van der Waals surface area contributed by atoms with Gasteiger partial charge in [0.1, 0.15) is 0 Å². The predicted octanol–water partition coefficient (Wildman–Crippen LogP) is 3.32. The van der Waals surface area contributed by atoms with E-state index in [2.05, 4.69) is 34.2 Å². The van der Waals surface area contributed by atoms with E-state index in [1.54, 1.807) is 0 Å². The number of hydrogen-bond donors (Lipinski definition) is 0. The molecule has 0 aliphatic heterocycles. The van der Waals surface area contributed by atoms with Crippen molar-refractivity contribution in [2.75, 3.05) is 0 Å². The minimum absolute atomic E-state index is 0.0801. The third-order valence-electron chi connectivity index (χ3n) is 1.26. The number of rotatable bonds is 6. The van der Waals surface area contributed by atoms with Gasteiger partial charge in [0, 0.05) is 0 Å². The zero-order valence-corrected chi connectivity index (χ0v) is 9.88. The topological polar surface area (TPSA) is 0 Å². The van der Waals surface area contributed by atoms with Gasteiger partial charge < -0.3 is 0 Å². The van der Waals surface area contributed by atoms with E-state index >= 15 is 0 Å². The van der Waals surface area contributed by atoms with Crippen LogP contribution in [0.3, 0.4) is 0 Å². The summed E-state index contributed by atoms with van der Waals surface area (Å²) in [4.78, 5) is 0. The van der Waals surface area contributed by atoms with Crippen molar-refractivity contribution in [1.82, 2.24) is 0 Å². The number of allylic oxidation sites excluding steroid dienone is 2. The Kier molecular flexibility index (Phi) is 10.5. The predicted molar refractivity (Wildman–Crippen MR) is 53.9 cm³/mol. The third kappa shape index (κ3) is 10.3. The molecule has 0 aromatic heterocycles. The molecule has 0 aromatic rings. The molecular weight excluding hydrogens is 248 g/mol. The molecule has 0 unspecified atom stereocenters. The van der Waals surface area contributed by atoms with Crippen LogP contribution >= 0.6 is 0 Å². The molecule has 0 radical (unpaired) electrons. The standard InChI is InChI=1S/C10H18Te/c1-3-5-7-9-11-10-8-6-4-2/h7-10H,3-6H2,1-2H3/b9-7+,10-8+. The molecule has 64 valence electrons. The summed E-state index contributed by atoms with van der Waals surface area (Å²) in [6.45, 7) is 4.44. The zero-order chi connectivity index (χ0) is 8.36. The normalized spacial score (nSPS) is 11.8. The van der Waals surface area contributed by atoms with Crippen molar-refractivity contribution in [1.29, 1.82) is 0 Å². The van der Waals surface area contributed by atoms with Gasteiger partial charge in [0.25, 0.3) is 0 Å². The molecule has 0 saturated carbocycles. The maximum atomic E-state index is 2.38. The van der Waals surface area contributed by atoms with Gasteiger partial charge in [-0.2, -0.15) is 0 Å². The average molecular weight is 266 g/mol. The molecular formula is C10H18Te. The fourth-order valence-electron chi connectivity index (χ4n) is 0.626. The van der Waals surface area contributed by atoms with Crippen molar-refractivity contribution in [2.24, 2.45) is 0 Å². The molecule has 0 aromatic carbocycles. The van der Waals surface area contributed by atoms with Crippen LogP contribution in [0.4, 0.5) is 0 Å². The molecule has 0 atom stereocenters. The van der Waals surface area contributed by atoms with Crippen LogP contribution in [-0.2, 0) is 0 Å². The van der Waals surface area contributed by atoms with Gasteiger partial charge in [-0.1, -0.05) is 0 Å². The molecule has 0 rings (SSSR count). The van der Waals surface area contributed by atoms with E-state index < -0.39 is 0 Å². The summed E-state index contributed by atoms with van der Waals surface area (Å²) < 4.78 is 4.75. The van der Waals surface area contributed by atoms with Crippen LogP contribution in [0, 0.1) is 0 Å². The van der Waals surface area contributed by atoms with Crippen LogP contribution < -0.4 is 0 Å². The molecule has 0 amide bonds. The van der Waals surface area contributed by atoms with Crippen LogP contribution in [0.1, 0.15) is 39.5 Å². The quantitative estimate of drug-likeness (QED) is 0.647. The van der Waals surface area contributed by atoms with Gasteiger partial charge in [0.05, 0.1) is 0 Å². The molecule has 0 nitrogen and oxygen atoms in total. The fourth-order valence-corrected chi connectivity index (χ4v) is 2.30. The van der Waals surface area contributed by atoms with Crippen molar-refractivity contribution in [3.8, 4) is 0 Å². The Balaban J connectivity index is 3.11. The summed E-state index contributed by atoms with van der Waals surface area (Å²) in [6.07, 6.45) is 9.71. The zero-order valence-electron chi connectivity index (χ0n) is 7.55. The van der Waals surface area contributed by atoms with Crippen LogP contribution in [0.25, 0.3) is 0 Å². The van der Waals surface area contributed by atoms with E-state index in [1.165, 1.54) is 25.7 Å². The second-order valence-corrected chi connectivity index (χ2v) is 4.79. The Labute approximate surface area is 80.8 Å². The second kappa shape index (κ2) is 10.3. The van der Waals surface area contributed by atoms with E-state index in [0.717, 1.165) is 0 Å². The van der Waals surface area contributed by atoms with Crippen LogP contribution in [0.2, 0.25) is 0 Å². The SMILES string of the molecule is CCC/C=C/[Te]/C=C/CCC. The van der Waals surface area contributed by atoms with Gasteiger partial charge in [0.2, 0.25) is 0 Å². The van der Waals surface area contributed by atoms with Crippen molar-refractivity contribution in [2.45, 2.75) is 39.5 Å². The molecule has 1 heteroatoms. The van der Waals surface area contributed by atoms with Crippen molar-refractivity contribution in [3.63, 3.8) is 0 Å². The Morgan fingerprint density at radius 3 is 1.73 bits per heavy atom.